The highest BCUT2D eigenvalue weighted by Crippen LogP contribution is 2.20. The maximum absolute atomic E-state index is 13.0. The summed E-state index contributed by atoms with van der Waals surface area (Å²) in [6.07, 6.45) is -0.0312. The fraction of sp³-hybridized carbons (Fsp3) is 0.333. The van der Waals surface area contributed by atoms with Crippen molar-refractivity contribution in [2.45, 2.75) is 6.10 Å². The van der Waals surface area contributed by atoms with Gasteiger partial charge in [0.25, 0.3) is 0 Å². The molecule has 0 amide bonds. The second kappa shape index (κ2) is 3.30. The summed E-state index contributed by atoms with van der Waals surface area (Å²) in [5.41, 5.74) is 0. The van der Waals surface area contributed by atoms with Crippen LogP contribution in [0.2, 0.25) is 0 Å². The molecule has 1 aromatic carbocycles. The fourth-order valence-corrected chi connectivity index (χ4v) is 1.09. The molecule has 1 heterocycles. The highest BCUT2D eigenvalue weighted by molar-refractivity contribution is 5.25. The Bertz CT molecular complexity index is 312. The van der Waals surface area contributed by atoms with E-state index in [1.807, 2.05) is 0 Å². The van der Waals surface area contributed by atoms with Crippen molar-refractivity contribution in [3.63, 3.8) is 0 Å². The molecule has 0 unspecified atom stereocenters. The van der Waals surface area contributed by atoms with Gasteiger partial charge < -0.3 is 10.1 Å². The summed E-state index contributed by atoms with van der Waals surface area (Å²) in [5, 5.41) is 2.97. The molecule has 0 aromatic heterocycles. The standard InChI is InChI=1S/C9H9F2NO/c10-6-1-2-8(11)9(3-6)13-7-4-12-5-7/h1-3,7,12H,4-5H2. The third kappa shape index (κ3) is 1.78. The Morgan fingerprint density at radius 1 is 1.31 bits per heavy atom. The number of hydrogen-bond acceptors (Lipinski definition) is 2. The molecule has 0 bridgehead atoms. The van der Waals surface area contributed by atoms with Crippen molar-refractivity contribution in [1.82, 2.24) is 5.32 Å². The second-order valence-electron chi connectivity index (χ2n) is 2.97. The molecule has 1 N–H and O–H groups in total. The predicted octanol–water partition coefficient (Wildman–Crippen LogP) is 1.32. The quantitative estimate of drug-likeness (QED) is 0.750. The average Bonchev–Trinajstić information content (AvgIpc) is 2.03. The summed E-state index contributed by atoms with van der Waals surface area (Å²) in [5.74, 6) is -1.01. The largest absolute Gasteiger partial charge is 0.485 e. The molecule has 0 spiro atoms. The summed E-state index contributed by atoms with van der Waals surface area (Å²) in [6, 6.07) is 3.20. The van der Waals surface area contributed by atoms with Crippen LogP contribution in [0.25, 0.3) is 0 Å². The Morgan fingerprint density at radius 2 is 2.08 bits per heavy atom. The SMILES string of the molecule is Fc1ccc(F)c(OC2CNC2)c1. The van der Waals surface area contributed by atoms with Gasteiger partial charge in [0.05, 0.1) is 0 Å². The van der Waals surface area contributed by atoms with Crippen molar-refractivity contribution < 1.29 is 13.5 Å². The maximum atomic E-state index is 13.0. The molecular weight excluding hydrogens is 176 g/mol. The van der Waals surface area contributed by atoms with Gasteiger partial charge in [-0.1, -0.05) is 0 Å². The monoisotopic (exact) mass is 185 g/mol. The van der Waals surface area contributed by atoms with Crippen LogP contribution in [0.4, 0.5) is 8.78 Å². The fourth-order valence-electron chi connectivity index (χ4n) is 1.09. The van der Waals surface area contributed by atoms with Crippen LogP contribution < -0.4 is 10.1 Å². The van der Waals surface area contributed by atoms with E-state index in [0.717, 1.165) is 18.2 Å². The van der Waals surface area contributed by atoms with Gasteiger partial charge in [0.2, 0.25) is 0 Å². The first-order valence-electron chi connectivity index (χ1n) is 4.08. The number of nitrogens with one attached hydrogen (secondary N) is 1. The van der Waals surface area contributed by atoms with Gasteiger partial charge in [0, 0.05) is 19.2 Å². The molecule has 1 aromatic rings. The van der Waals surface area contributed by atoms with Crippen LogP contribution in [0.3, 0.4) is 0 Å². The van der Waals surface area contributed by atoms with E-state index in [1.54, 1.807) is 0 Å². The molecule has 0 aliphatic carbocycles. The molecule has 0 radical (unpaired) electrons. The van der Waals surface area contributed by atoms with Gasteiger partial charge in [-0.25, -0.2) is 8.78 Å². The molecule has 1 aliphatic heterocycles. The van der Waals surface area contributed by atoms with Crippen LogP contribution in [-0.4, -0.2) is 19.2 Å². The topological polar surface area (TPSA) is 21.3 Å². The van der Waals surface area contributed by atoms with Crippen molar-refractivity contribution >= 4 is 0 Å². The normalized spacial score (nSPS) is 16.8. The molecule has 13 heavy (non-hydrogen) atoms. The molecule has 0 saturated carbocycles. The molecule has 0 atom stereocenters. The van der Waals surface area contributed by atoms with Gasteiger partial charge in [0.15, 0.2) is 11.6 Å². The molecule has 1 saturated heterocycles. The van der Waals surface area contributed by atoms with Crippen LogP contribution in [0, 0.1) is 11.6 Å². The Morgan fingerprint density at radius 3 is 2.69 bits per heavy atom. The average molecular weight is 185 g/mol. The van der Waals surface area contributed by atoms with Gasteiger partial charge in [-0.15, -0.1) is 0 Å². The van der Waals surface area contributed by atoms with Gasteiger partial charge in [0.1, 0.15) is 11.9 Å². The lowest BCUT2D eigenvalue weighted by atomic mass is 10.2. The molecule has 70 valence electrons. The van der Waals surface area contributed by atoms with Crippen molar-refractivity contribution in [2.75, 3.05) is 13.1 Å². The van der Waals surface area contributed by atoms with E-state index in [9.17, 15) is 8.78 Å². The minimum Gasteiger partial charge on any atom is -0.485 e. The van der Waals surface area contributed by atoms with E-state index < -0.39 is 11.6 Å². The lowest BCUT2D eigenvalue weighted by molar-refractivity contribution is 0.136. The Balaban J connectivity index is 2.13. The number of rotatable bonds is 2. The third-order valence-electron chi connectivity index (χ3n) is 1.93. The van der Waals surface area contributed by atoms with Crippen LogP contribution >= 0.6 is 0 Å². The van der Waals surface area contributed by atoms with Gasteiger partial charge in [-0.3, -0.25) is 0 Å². The van der Waals surface area contributed by atoms with E-state index in [2.05, 4.69) is 5.32 Å². The lowest BCUT2D eigenvalue weighted by Crippen LogP contribution is -2.50. The molecule has 4 heteroatoms. The summed E-state index contributed by atoms with van der Waals surface area (Å²) >= 11 is 0. The Labute approximate surface area is 74.5 Å². The number of halogens is 2. The molecule has 2 nitrogen and oxygen atoms in total. The summed E-state index contributed by atoms with van der Waals surface area (Å²) in [4.78, 5) is 0. The van der Waals surface area contributed by atoms with E-state index in [-0.39, 0.29) is 11.9 Å². The number of hydrogen-bond donors (Lipinski definition) is 1. The minimum atomic E-state index is -0.520. The van der Waals surface area contributed by atoms with E-state index in [1.165, 1.54) is 0 Å². The van der Waals surface area contributed by atoms with Gasteiger partial charge in [-0.05, 0) is 12.1 Å². The van der Waals surface area contributed by atoms with E-state index >= 15 is 0 Å². The maximum Gasteiger partial charge on any atom is 0.165 e. The van der Waals surface area contributed by atoms with Gasteiger partial charge >= 0.3 is 0 Å². The van der Waals surface area contributed by atoms with Crippen LogP contribution in [0.5, 0.6) is 5.75 Å². The molecular formula is C9H9F2NO. The molecule has 1 aliphatic rings. The third-order valence-corrected chi connectivity index (χ3v) is 1.93. The first-order valence-corrected chi connectivity index (χ1v) is 4.08. The zero-order chi connectivity index (χ0) is 9.26. The van der Waals surface area contributed by atoms with Crippen molar-refractivity contribution in [2.24, 2.45) is 0 Å². The summed E-state index contributed by atoms with van der Waals surface area (Å²) < 4.78 is 30.8. The van der Waals surface area contributed by atoms with Crippen LogP contribution in [-0.2, 0) is 0 Å². The smallest absolute Gasteiger partial charge is 0.165 e. The molecule has 1 fully saturated rings. The zero-order valence-electron chi connectivity index (χ0n) is 6.89. The molecule has 2 rings (SSSR count). The summed E-state index contributed by atoms with van der Waals surface area (Å²) in [6.45, 7) is 1.38. The minimum absolute atomic E-state index is 0.00787. The van der Waals surface area contributed by atoms with Crippen LogP contribution in [0.15, 0.2) is 18.2 Å². The van der Waals surface area contributed by atoms with Crippen molar-refractivity contribution in [3.05, 3.63) is 29.8 Å². The number of ether oxygens (including phenoxy) is 1. The Kier molecular flexibility index (Phi) is 2.14. The van der Waals surface area contributed by atoms with E-state index in [4.69, 9.17) is 4.74 Å². The predicted molar refractivity (Wildman–Crippen MR) is 43.6 cm³/mol. The highest BCUT2D eigenvalue weighted by Gasteiger charge is 2.19. The Hall–Kier alpha value is -1.16. The number of benzene rings is 1. The van der Waals surface area contributed by atoms with E-state index in [0.29, 0.717) is 13.1 Å². The lowest BCUT2D eigenvalue weighted by Gasteiger charge is -2.27. The zero-order valence-corrected chi connectivity index (χ0v) is 6.89. The van der Waals surface area contributed by atoms with Crippen molar-refractivity contribution in [1.29, 1.82) is 0 Å². The van der Waals surface area contributed by atoms with Crippen molar-refractivity contribution in [3.8, 4) is 5.75 Å². The second-order valence-corrected chi connectivity index (χ2v) is 2.97. The first kappa shape index (κ1) is 8.44. The van der Waals surface area contributed by atoms with Crippen LogP contribution in [0.1, 0.15) is 0 Å². The van der Waals surface area contributed by atoms with Gasteiger partial charge in [-0.2, -0.15) is 0 Å². The first-order chi connectivity index (χ1) is 6.25. The summed E-state index contributed by atoms with van der Waals surface area (Å²) in [7, 11) is 0. The highest BCUT2D eigenvalue weighted by atomic mass is 19.1.